The van der Waals surface area contributed by atoms with E-state index in [2.05, 4.69) is 64.2 Å². The molecule has 10 heteroatoms. The van der Waals surface area contributed by atoms with E-state index in [-0.39, 0.29) is 24.9 Å². The Labute approximate surface area is 317 Å². The first kappa shape index (κ1) is 37.2. The zero-order chi connectivity index (χ0) is 36.7. The molecular formula is C43H49ClN4O5. The lowest BCUT2D eigenvalue weighted by molar-refractivity contribution is 0.0786. The van der Waals surface area contributed by atoms with Gasteiger partial charge in [-0.25, -0.2) is 0 Å². The molecule has 0 saturated carbocycles. The van der Waals surface area contributed by atoms with Crippen LogP contribution in [0.25, 0.3) is 11.1 Å². The van der Waals surface area contributed by atoms with E-state index >= 15 is 0 Å². The summed E-state index contributed by atoms with van der Waals surface area (Å²) in [5.41, 5.74) is 8.18. The summed E-state index contributed by atoms with van der Waals surface area (Å²) in [5, 5.41) is 29.7. The molecular weight excluding hydrogens is 688 g/mol. The molecule has 3 heterocycles. The number of halogens is 1. The maximum Gasteiger partial charge on any atom is 0.142 e. The number of hydrogen-bond donors (Lipinski definition) is 2. The Kier molecular flexibility index (Phi) is 12.1. The van der Waals surface area contributed by atoms with Crippen LogP contribution in [0.5, 0.6) is 17.2 Å². The Bertz CT molecular complexity index is 1920. The van der Waals surface area contributed by atoms with Crippen molar-refractivity contribution in [3.63, 3.8) is 0 Å². The van der Waals surface area contributed by atoms with Gasteiger partial charge in [-0.15, -0.1) is 0 Å². The second kappa shape index (κ2) is 17.3. The van der Waals surface area contributed by atoms with Crippen molar-refractivity contribution in [3.8, 4) is 34.4 Å². The van der Waals surface area contributed by atoms with E-state index in [0.717, 1.165) is 106 Å². The number of aliphatic hydroxyl groups excluding tert-OH is 2. The van der Waals surface area contributed by atoms with Crippen LogP contribution < -0.4 is 14.2 Å². The van der Waals surface area contributed by atoms with E-state index in [1.54, 1.807) is 12.3 Å². The zero-order valence-corrected chi connectivity index (χ0v) is 31.2. The van der Waals surface area contributed by atoms with Crippen LogP contribution in [0.2, 0.25) is 5.02 Å². The van der Waals surface area contributed by atoms with Gasteiger partial charge in [-0.2, -0.15) is 5.26 Å². The summed E-state index contributed by atoms with van der Waals surface area (Å²) in [7, 11) is 0. The number of hydrogen-bond acceptors (Lipinski definition) is 9. The molecule has 1 atom stereocenters. The molecule has 1 aromatic heterocycles. The summed E-state index contributed by atoms with van der Waals surface area (Å²) >= 11 is 6.96. The normalized spacial score (nSPS) is 18.4. The summed E-state index contributed by atoms with van der Waals surface area (Å²) in [6.45, 7) is 8.16. The second-order valence-corrected chi connectivity index (χ2v) is 15.0. The highest BCUT2D eigenvalue weighted by Crippen LogP contribution is 2.44. The Morgan fingerprint density at radius 3 is 2.36 bits per heavy atom. The number of aliphatic hydroxyl groups is 2. The SMILES string of the molecule is Cc1c(OCCCN2CCC(O)CC2)cccc1-c1cccc2c1CC[C@@H]2Oc1cc(OCc2cncc(C#N)c2)c(CN2CCC(O)CC2)cc1Cl. The van der Waals surface area contributed by atoms with E-state index in [1.807, 2.05) is 12.1 Å². The van der Waals surface area contributed by atoms with Crippen LogP contribution in [0.4, 0.5) is 0 Å². The molecule has 9 nitrogen and oxygen atoms in total. The van der Waals surface area contributed by atoms with Gasteiger partial charge < -0.3 is 29.3 Å². The number of nitrogens with zero attached hydrogens (tertiary/aromatic N) is 4. The Morgan fingerprint density at radius 1 is 0.849 bits per heavy atom. The van der Waals surface area contributed by atoms with Crippen molar-refractivity contribution >= 4 is 11.6 Å². The fraction of sp³-hybridized carbons (Fsp3) is 0.442. The molecule has 53 heavy (non-hydrogen) atoms. The van der Waals surface area contributed by atoms with Gasteiger partial charge in [0.15, 0.2) is 0 Å². The van der Waals surface area contributed by atoms with Crippen LogP contribution >= 0.6 is 11.6 Å². The number of likely N-dealkylation sites (tertiary alicyclic amines) is 2. The molecule has 2 aliphatic heterocycles. The third kappa shape index (κ3) is 9.14. The van der Waals surface area contributed by atoms with Crippen molar-refractivity contribution in [2.24, 2.45) is 0 Å². The minimum Gasteiger partial charge on any atom is -0.493 e. The van der Waals surface area contributed by atoms with Crippen LogP contribution in [-0.2, 0) is 19.6 Å². The van der Waals surface area contributed by atoms with Crippen LogP contribution in [0, 0.1) is 18.3 Å². The molecule has 0 amide bonds. The van der Waals surface area contributed by atoms with E-state index in [0.29, 0.717) is 35.2 Å². The average molecular weight is 737 g/mol. The van der Waals surface area contributed by atoms with Crippen LogP contribution in [0.15, 0.2) is 67.0 Å². The molecule has 0 unspecified atom stereocenters. The Morgan fingerprint density at radius 2 is 1.58 bits per heavy atom. The highest BCUT2D eigenvalue weighted by molar-refractivity contribution is 6.32. The monoisotopic (exact) mass is 736 g/mol. The molecule has 7 rings (SSSR count). The van der Waals surface area contributed by atoms with Crippen molar-refractivity contribution in [2.75, 3.05) is 39.3 Å². The summed E-state index contributed by atoms with van der Waals surface area (Å²) in [6.07, 6.45) is 8.52. The van der Waals surface area contributed by atoms with Crippen molar-refractivity contribution < 1.29 is 24.4 Å². The van der Waals surface area contributed by atoms with Crippen LogP contribution in [0.3, 0.4) is 0 Å². The number of rotatable bonds is 13. The quantitative estimate of drug-likeness (QED) is 0.136. The maximum atomic E-state index is 10.0. The van der Waals surface area contributed by atoms with Gasteiger partial charge in [-0.1, -0.05) is 41.9 Å². The Balaban J connectivity index is 1.07. The highest BCUT2D eigenvalue weighted by Gasteiger charge is 2.29. The van der Waals surface area contributed by atoms with Crippen LogP contribution in [0.1, 0.15) is 78.0 Å². The molecule has 2 saturated heterocycles. The lowest BCUT2D eigenvalue weighted by Gasteiger charge is -2.30. The first-order valence-corrected chi connectivity index (χ1v) is 19.3. The molecule has 0 bridgehead atoms. The summed E-state index contributed by atoms with van der Waals surface area (Å²) < 4.78 is 19.4. The van der Waals surface area contributed by atoms with Crippen molar-refractivity contribution in [1.82, 2.24) is 14.8 Å². The summed E-state index contributed by atoms with van der Waals surface area (Å²) in [6, 6.07) is 20.5. The third-order valence-corrected chi connectivity index (χ3v) is 11.2. The smallest absolute Gasteiger partial charge is 0.142 e. The number of piperidine rings is 2. The molecule has 0 spiro atoms. The number of fused-ring (bicyclic) bond motifs is 1. The van der Waals surface area contributed by atoms with Gasteiger partial charge in [0.05, 0.1) is 29.4 Å². The lowest BCUT2D eigenvalue weighted by atomic mass is 9.93. The lowest BCUT2D eigenvalue weighted by Crippen LogP contribution is -2.36. The van der Waals surface area contributed by atoms with Gasteiger partial charge in [0.25, 0.3) is 0 Å². The van der Waals surface area contributed by atoms with Gasteiger partial charge in [0.2, 0.25) is 0 Å². The van der Waals surface area contributed by atoms with Crippen LogP contribution in [-0.4, -0.2) is 76.5 Å². The number of ether oxygens (including phenoxy) is 3. The molecule has 278 valence electrons. The first-order chi connectivity index (χ1) is 25.8. The largest absolute Gasteiger partial charge is 0.493 e. The molecule has 2 N–H and O–H groups in total. The molecule has 4 aromatic rings. The fourth-order valence-electron chi connectivity index (χ4n) is 7.85. The number of aromatic nitrogens is 1. The predicted octanol–water partition coefficient (Wildman–Crippen LogP) is 7.41. The Hall–Kier alpha value is -4.17. The number of benzene rings is 3. The minimum atomic E-state index is -0.255. The second-order valence-electron chi connectivity index (χ2n) is 14.6. The summed E-state index contributed by atoms with van der Waals surface area (Å²) in [4.78, 5) is 8.91. The van der Waals surface area contributed by atoms with E-state index in [9.17, 15) is 15.5 Å². The highest BCUT2D eigenvalue weighted by atomic mass is 35.5. The molecule has 1 aliphatic carbocycles. The molecule has 2 fully saturated rings. The predicted molar refractivity (Wildman–Crippen MR) is 205 cm³/mol. The zero-order valence-electron chi connectivity index (χ0n) is 30.5. The first-order valence-electron chi connectivity index (χ1n) is 19.0. The van der Waals surface area contributed by atoms with Gasteiger partial charge in [0, 0.05) is 68.9 Å². The number of nitriles is 1. The third-order valence-electron chi connectivity index (χ3n) is 10.9. The number of pyridine rings is 1. The van der Waals surface area contributed by atoms with E-state index in [1.165, 1.54) is 22.9 Å². The van der Waals surface area contributed by atoms with Gasteiger partial charge in [0.1, 0.15) is 36.0 Å². The standard InChI is InChI=1S/C43H49ClN4O5/c1-29-35(5-3-8-40(29)51-20-4-15-47-16-11-33(49)12-17-47)36-6-2-7-38-37(36)9-10-41(38)53-43-23-42(52-28-31-21-30(24-45)25-46-26-31)32(22-39(43)44)27-48-18-13-34(50)14-19-48/h2-3,5-8,21-23,25-26,33-34,41,49-50H,4,9-20,27-28H2,1H3/t41-/m0/s1. The average Bonchev–Trinajstić information content (AvgIpc) is 3.59. The fourth-order valence-corrected chi connectivity index (χ4v) is 8.08. The van der Waals surface area contributed by atoms with Crippen molar-refractivity contribution in [1.29, 1.82) is 5.26 Å². The molecule has 3 aromatic carbocycles. The van der Waals surface area contributed by atoms with Crippen molar-refractivity contribution in [2.45, 2.75) is 83.3 Å². The van der Waals surface area contributed by atoms with E-state index in [4.69, 9.17) is 25.8 Å². The van der Waals surface area contributed by atoms with Crippen molar-refractivity contribution in [3.05, 3.63) is 105 Å². The van der Waals surface area contributed by atoms with E-state index < -0.39 is 0 Å². The minimum absolute atomic E-state index is 0.151. The van der Waals surface area contributed by atoms with Gasteiger partial charge >= 0.3 is 0 Å². The maximum absolute atomic E-state index is 10.0. The molecule has 0 radical (unpaired) electrons. The van der Waals surface area contributed by atoms with Gasteiger partial charge in [-0.3, -0.25) is 9.88 Å². The summed E-state index contributed by atoms with van der Waals surface area (Å²) in [5.74, 6) is 2.15. The van der Waals surface area contributed by atoms with Gasteiger partial charge in [-0.05, 0) is 97.9 Å². The topological polar surface area (TPSA) is 111 Å². The molecule has 3 aliphatic rings.